The summed E-state index contributed by atoms with van der Waals surface area (Å²) in [4.78, 5) is 18.5. The van der Waals surface area contributed by atoms with Gasteiger partial charge in [-0.1, -0.05) is 23.4 Å². The highest BCUT2D eigenvalue weighted by molar-refractivity contribution is 7.92. The lowest BCUT2D eigenvalue weighted by molar-refractivity contribution is -0.121. The van der Waals surface area contributed by atoms with Crippen molar-refractivity contribution in [1.29, 1.82) is 0 Å². The van der Waals surface area contributed by atoms with E-state index in [1.165, 1.54) is 11.0 Å². The van der Waals surface area contributed by atoms with E-state index in [-0.39, 0.29) is 24.0 Å². The smallest absolute Gasteiger partial charge is 0.265 e. The summed E-state index contributed by atoms with van der Waals surface area (Å²) < 4.78 is 39.7. The van der Waals surface area contributed by atoms with Crippen molar-refractivity contribution < 1.29 is 22.5 Å². The quantitative estimate of drug-likeness (QED) is 0.608. The van der Waals surface area contributed by atoms with Crippen LogP contribution < -0.4 is 14.4 Å². The Morgan fingerprint density at radius 3 is 2.69 bits per heavy atom. The number of nitrogens with one attached hydrogen (secondary N) is 1. The number of hydrogen-bond donors (Lipinski definition) is 1. The predicted molar refractivity (Wildman–Crippen MR) is 116 cm³/mol. The average molecular weight is 455 g/mol. The second kappa shape index (κ2) is 7.63. The average Bonchev–Trinajstić information content (AvgIpc) is 3.50. The number of benzene rings is 2. The molecule has 2 heterocycles. The Morgan fingerprint density at radius 1 is 1.16 bits per heavy atom. The molecule has 0 atom stereocenters. The third kappa shape index (κ3) is 3.81. The Morgan fingerprint density at radius 2 is 1.94 bits per heavy atom. The molecule has 1 fully saturated rings. The van der Waals surface area contributed by atoms with Gasteiger partial charge in [-0.15, -0.1) is 0 Å². The molecule has 166 valence electrons. The molecule has 2 aliphatic rings. The van der Waals surface area contributed by atoms with Gasteiger partial charge < -0.3 is 9.26 Å². The SMILES string of the molecule is Cc1ccccc1NS(=O)(=O)c1cc2c(cc1C)N(Cc1noc(C3CC3)n1)C(=O)CO2. The molecular weight excluding hydrogens is 432 g/mol. The maximum absolute atomic E-state index is 13.1. The van der Waals surface area contributed by atoms with E-state index >= 15 is 0 Å². The minimum atomic E-state index is -3.86. The van der Waals surface area contributed by atoms with Gasteiger partial charge in [-0.05, 0) is 49.9 Å². The third-order valence-electron chi connectivity index (χ3n) is 5.59. The van der Waals surface area contributed by atoms with Gasteiger partial charge in [0, 0.05) is 12.0 Å². The molecular formula is C22H22N4O5S. The molecule has 1 amide bonds. The zero-order chi connectivity index (χ0) is 22.5. The van der Waals surface area contributed by atoms with Gasteiger partial charge in [-0.3, -0.25) is 14.4 Å². The topological polar surface area (TPSA) is 115 Å². The summed E-state index contributed by atoms with van der Waals surface area (Å²) in [5.41, 5.74) is 2.28. The summed E-state index contributed by atoms with van der Waals surface area (Å²) in [5.74, 6) is 1.37. The van der Waals surface area contributed by atoms with Crippen LogP contribution in [0.25, 0.3) is 0 Å². The number of aromatic nitrogens is 2. The van der Waals surface area contributed by atoms with E-state index in [0.717, 1.165) is 18.4 Å². The molecule has 1 aliphatic heterocycles. The highest BCUT2D eigenvalue weighted by Crippen LogP contribution is 2.40. The summed E-state index contributed by atoms with van der Waals surface area (Å²) >= 11 is 0. The molecule has 2 aromatic carbocycles. The van der Waals surface area contributed by atoms with Crippen LogP contribution in [-0.4, -0.2) is 31.1 Å². The van der Waals surface area contributed by atoms with E-state index in [4.69, 9.17) is 9.26 Å². The molecule has 5 rings (SSSR count). The first-order chi connectivity index (χ1) is 15.3. The monoisotopic (exact) mass is 454 g/mol. The number of sulfonamides is 1. The molecule has 0 bridgehead atoms. The highest BCUT2D eigenvalue weighted by Gasteiger charge is 2.32. The van der Waals surface area contributed by atoms with Gasteiger partial charge in [0.2, 0.25) is 5.89 Å². The molecule has 0 saturated heterocycles. The Hall–Kier alpha value is -3.40. The number of amides is 1. The molecule has 3 aromatic rings. The Bertz CT molecular complexity index is 1310. The number of carbonyl (C=O) groups excluding carboxylic acids is 1. The van der Waals surface area contributed by atoms with Crippen LogP contribution in [0.5, 0.6) is 5.75 Å². The second-order valence-corrected chi connectivity index (χ2v) is 9.75. The Kier molecular flexibility index (Phi) is 4.89. The fourth-order valence-electron chi connectivity index (χ4n) is 3.65. The standard InChI is InChI=1S/C22H22N4O5S/c1-13-5-3-4-6-16(13)25-32(28,29)19-10-18-17(9-14(19)2)26(21(27)12-30-18)11-20-23-22(31-24-20)15-7-8-15/h3-6,9-10,15,25H,7-8,11-12H2,1-2H3. The van der Waals surface area contributed by atoms with Crippen molar-refractivity contribution in [3.8, 4) is 5.75 Å². The molecule has 1 aliphatic carbocycles. The van der Waals surface area contributed by atoms with Crippen molar-refractivity contribution in [3.05, 3.63) is 59.2 Å². The summed E-state index contributed by atoms with van der Waals surface area (Å²) in [6, 6.07) is 10.2. The molecule has 0 radical (unpaired) electrons. The number of carbonyl (C=O) groups is 1. The number of ether oxygens (including phenoxy) is 1. The third-order valence-corrected chi connectivity index (χ3v) is 7.10. The first kappa shape index (κ1) is 20.5. The lowest BCUT2D eigenvalue weighted by Crippen LogP contribution is -2.38. The molecule has 32 heavy (non-hydrogen) atoms. The zero-order valence-corrected chi connectivity index (χ0v) is 18.5. The van der Waals surface area contributed by atoms with Crippen molar-refractivity contribution >= 4 is 27.3 Å². The summed E-state index contributed by atoms with van der Waals surface area (Å²) in [5, 5.41) is 3.99. The van der Waals surface area contributed by atoms with E-state index in [9.17, 15) is 13.2 Å². The van der Waals surface area contributed by atoms with Crippen LogP contribution in [0.3, 0.4) is 0 Å². The van der Waals surface area contributed by atoms with Crippen LogP contribution in [0, 0.1) is 13.8 Å². The van der Waals surface area contributed by atoms with Gasteiger partial charge in [0.05, 0.1) is 22.8 Å². The molecule has 0 unspecified atom stereocenters. The minimum Gasteiger partial charge on any atom is -0.482 e. The number of rotatable bonds is 6. The number of para-hydroxylation sites is 1. The number of aryl methyl sites for hydroxylation is 2. The highest BCUT2D eigenvalue weighted by atomic mass is 32.2. The minimum absolute atomic E-state index is 0.0874. The van der Waals surface area contributed by atoms with Crippen molar-refractivity contribution in [3.63, 3.8) is 0 Å². The van der Waals surface area contributed by atoms with E-state index in [2.05, 4.69) is 14.9 Å². The van der Waals surface area contributed by atoms with E-state index in [0.29, 0.717) is 40.3 Å². The fraction of sp³-hybridized carbons (Fsp3) is 0.318. The Labute approximate surface area is 185 Å². The summed E-state index contributed by atoms with van der Waals surface area (Å²) in [7, 11) is -3.86. The second-order valence-electron chi connectivity index (χ2n) is 8.10. The maximum Gasteiger partial charge on any atom is 0.265 e. The number of anilines is 2. The molecule has 1 saturated carbocycles. The Balaban J connectivity index is 1.46. The van der Waals surface area contributed by atoms with E-state index in [1.54, 1.807) is 25.1 Å². The van der Waals surface area contributed by atoms with Crippen LogP contribution in [-0.2, 0) is 21.4 Å². The number of nitrogens with zero attached hydrogens (tertiary/aromatic N) is 3. The van der Waals surface area contributed by atoms with Gasteiger partial charge in [0.1, 0.15) is 5.75 Å². The van der Waals surface area contributed by atoms with E-state index < -0.39 is 10.0 Å². The van der Waals surface area contributed by atoms with Crippen LogP contribution in [0.4, 0.5) is 11.4 Å². The normalized spacial score (nSPS) is 15.9. The van der Waals surface area contributed by atoms with E-state index in [1.807, 2.05) is 19.1 Å². The van der Waals surface area contributed by atoms with Crippen molar-refractivity contribution in [1.82, 2.24) is 10.1 Å². The zero-order valence-electron chi connectivity index (χ0n) is 17.7. The summed E-state index contributed by atoms with van der Waals surface area (Å²) in [6.07, 6.45) is 2.07. The number of fused-ring (bicyclic) bond motifs is 1. The lowest BCUT2D eigenvalue weighted by atomic mass is 10.1. The predicted octanol–water partition coefficient (Wildman–Crippen LogP) is 3.29. The maximum atomic E-state index is 13.1. The fourth-order valence-corrected chi connectivity index (χ4v) is 5.03. The number of hydrogen-bond acceptors (Lipinski definition) is 7. The van der Waals surface area contributed by atoms with Crippen LogP contribution in [0.15, 0.2) is 45.8 Å². The molecule has 10 heteroatoms. The van der Waals surface area contributed by atoms with Gasteiger partial charge in [-0.2, -0.15) is 4.98 Å². The summed E-state index contributed by atoms with van der Waals surface area (Å²) in [6.45, 7) is 3.44. The van der Waals surface area contributed by atoms with Crippen LogP contribution in [0.2, 0.25) is 0 Å². The molecule has 0 spiro atoms. The van der Waals surface area contributed by atoms with Crippen molar-refractivity contribution in [2.24, 2.45) is 0 Å². The van der Waals surface area contributed by atoms with Crippen molar-refractivity contribution in [2.45, 2.75) is 44.0 Å². The first-order valence-corrected chi connectivity index (χ1v) is 11.8. The largest absolute Gasteiger partial charge is 0.482 e. The first-order valence-electron chi connectivity index (χ1n) is 10.3. The van der Waals surface area contributed by atoms with Crippen LogP contribution in [0.1, 0.15) is 41.6 Å². The van der Waals surface area contributed by atoms with Gasteiger partial charge >= 0.3 is 0 Å². The van der Waals surface area contributed by atoms with Crippen molar-refractivity contribution in [2.75, 3.05) is 16.2 Å². The molecule has 1 aromatic heterocycles. The van der Waals surface area contributed by atoms with Crippen LogP contribution >= 0.6 is 0 Å². The van der Waals surface area contributed by atoms with Gasteiger partial charge in [-0.25, -0.2) is 8.42 Å². The van der Waals surface area contributed by atoms with Gasteiger partial charge in [0.25, 0.3) is 15.9 Å². The molecule has 1 N–H and O–H groups in total. The van der Waals surface area contributed by atoms with Gasteiger partial charge in [0.15, 0.2) is 12.4 Å². The lowest BCUT2D eigenvalue weighted by Gasteiger charge is -2.29. The molecule has 9 nitrogen and oxygen atoms in total.